The first-order chi connectivity index (χ1) is 15.4. The van der Waals surface area contributed by atoms with Crippen molar-refractivity contribution in [3.8, 4) is 17.1 Å². The molecule has 0 aliphatic heterocycles. The molecule has 2 N–H and O–H groups in total. The normalized spacial score (nSPS) is 10.8. The predicted octanol–water partition coefficient (Wildman–Crippen LogP) is 3.38. The smallest absolute Gasteiger partial charge is 0.313 e. The van der Waals surface area contributed by atoms with Crippen LogP contribution in [0.5, 0.6) is 5.75 Å². The third-order valence-electron chi connectivity index (χ3n) is 4.98. The number of benzene rings is 2. The molecule has 2 aromatic heterocycles. The van der Waals surface area contributed by atoms with Gasteiger partial charge in [0.05, 0.1) is 12.8 Å². The second-order valence-corrected chi connectivity index (χ2v) is 8.36. The number of amides is 2. The minimum Gasteiger partial charge on any atom is -0.497 e. The van der Waals surface area contributed by atoms with Crippen molar-refractivity contribution >= 4 is 33.8 Å². The summed E-state index contributed by atoms with van der Waals surface area (Å²) in [5.74, 6) is 0.0852. The number of hydrogen-bond acceptors (Lipinski definition) is 6. The van der Waals surface area contributed by atoms with Crippen molar-refractivity contribution in [1.82, 2.24) is 19.9 Å². The summed E-state index contributed by atoms with van der Waals surface area (Å²) in [5, 5.41) is 9.89. The van der Waals surface area contributed by atoms with Gasteiger partial charge in [-0.25, -0.2) is 4.52 Å². The first kappa shape index (κ1) is 21.5. The zero-order chi connectivity index (χ0) is 22.7. The van der Waals surface area contributed by atoms with Crippen LogP contribution in [0.3, 0.4) is 0 Å². The number of thiazole rings is 1. The number of nitrogens with zero attached hydrogens (tertiary/aromatic N) is 3. The van der Waals surface area contributed by atoms with E-state index in [-0.39, 0.29) is 0 Å². The van der Waals surface area contributed by atoms with Gasteiger partial charge in [0.15, 0.2) is 5.82 Å². The lowest BCUT2D eigenvalue weighted by Gasteiger charge is -2.07. The van der Waals surface area contributed by atoms with Crippen molar-refractivity contribution in [1.29, 1.82) is 0 Å². The van der Waals surface area contributed by atoms with Gasteiger partial charge in [-0.3, -0.25) is 9.59 Å². The highest BCUT2D eigenvalue weighted by Crippen LogP contribution is 2.26. The lowest BCUT2D eigenvalue weighted by atomic mass is 10.2. The second-order valence-electron chi connectivity index (χ2n) is 7.30. The summed E-state index contributed by atoms with van der Waals surface area (Å²) in [6, 6.07) is 14.9. The molecule has 8 nitrogen and oxygen atoms in total. The lowest BCUT2D eigenvalue weighted by Crippen LogP contribution is -2.36. The molecule has 0 saturated heterocycles. The van der Waals surface area contributed by atoms with Crippen LogP contribution in [0.1, 0.15) is 16.1 Å². The van der Waals surface area contributed by atoms with E-state index in [9.17, 15) is 9.59 Å². The van der Waals surface area contributed by atoms with Gasteiger partial charge < -0.3 is 15.4 Å². The molecule has 0 bridgehead atoms. The molecule has 0 aliphatic carbocycles. The van der Waals surface area contributed by atoms with Gasteiger partial charge >= 0.3 is 11.8 Å². The monoisotopic (exact) mass is 449 g/mol. The molecule has 0 spiro atoms. The van der Waals surface area contributed by atoms with Crippen molar-refractivity contribution in [3.63, 3.8) is 0 Å². The molecule has 32 heavy (non-hydrogen) atoms. The van der Waals surface area contributed by atoms with E-state index in [0.29, 0.717) is 24.5 Å². The van der Waals surface area contributed by atoms with Crippen molar-refractivity contribution in [2.75, 3.05) is 19.0 Å². The number of rotatable bonds is 6. The fourth-order valence-corrected chi connectivity index (χ4v) is 4.31. The fourth-order valence-electron chi connectivity index (χ4n) is 3.26. The number of aromatic nitrogens is 3. The Balaban J connectivity index is 1.36. The van der Waals surface area contributed by atoms with E-state index >= 15 is 0 Å². The highest BCUT2D eigenvalue weighted by molar-refractivity contribution is 7.17. The third kappa shape index (κ3) is 4.62. The maximum atomic E-state index is 12.1. The molecule has 0 aliphatic rings. The molecular weight excluding hydrogens is 426 g/mol. The van der Waals surface area contributed by atoms with Crippen LogP contribution >= 0.6 is 11.3 Å². The zero-order valence-corrected chi connectivity index (χ0v) is 18.8. The summed E-state index contributed by atoms with van der Waals surface area (Å²) < 4.78 is 7.00. The summed E-state index contributed by atoms with van der Waals surface area (Å²) in [6.07, 6.45) is 0.586. The molecule has 0 fully saturated rings. The van der Waals surface area contributed by atoms with Crippen molar-refractivity contribution in [2.45, 2.75) is 20.3 Å². The molecule has 0 atom stereocenters. The number of fused-ring (bicyclic) bond motifs is 1. The van der Waals surface area contributed by atoms with Gasteiger partial charge in [-0.15, -0.1) is 5.10 Å². The van der Waals surface area contributed by atoms with E-state index in [1.165, 1.54) is 11.3 Å². The molecular formula is C23H23N5O3S. The lowest BCUT2D eigenvalue weighted by molar-refractivity contribution is -0.136. The van der Waals surface area contributed by atoms with Gasteiger partial charge in [-0.1, -0.05) is 23.5 Å². The SMILES string of the molecule is COc1ccc(-c2nc3sc(CCNC(=O)C(=O)Nc4cccc(C)c4)c(C)n3n2)cc1. The Labute approximate surface area is 189 Å². The Bertz CT molecular complexity index is 1280. The summed E-state index contributed by atoms with van der Waals surface area (Å²) in [7, 11) is 1.63. The van der Waals surface area contributed by atoms with Crippen LogP contribution < -0.4 is 15.4 Å². The Hall–Kier alpha value is -3.72. The maximum absolute atomic E-state index is 12.1. The summed E-state index contributed by atoms with van der Waals surface area (Å²) >= 11 is 1.52. The van der Waals surface area contributed by atoms with Crippen LogP contribution in [0.4, 0.5) is 5.69 Å². The summed E-state index contributed by atoms with van der Waals surface area (Å²) in [5.41, 5.74) is 3.48. The second kappa shape index (κ2) is 9.19. The van der Waals surface area contributed by atoms with Gasteiger partial charge in [-0.05, 0) is 55.8 Å². The number of carbonyl (C=O) groups excluding carboxylic acids is 2. The number of carbonyl (C=O) groups is 2. The van der Waals surface area contributed by atoms with Crippen LogP contribution in [-0.2, 0) is 16.0 Å². The largest absolute Gasteiger partial charge is 0.497 e. The highest BCUT2D eigenvalue weighted by Gasteiger charge is 2.16. The first-order valence-electron chi connectivity index (χ1n) is 10.1. The highest BCUT2D eigenvalue weighted by atomic mass is 32.1. The van der Waals surface area contributed by atoms with Crippen molar-refractivity contribution in [3.05, 3.63) is 64.7 Å². The Morgan fingerprint density at radius 3 is 2.56 bits per heavy atom. The predicted molar refractivity (Wildman–Crippen MR) is 124 cm³/mol. The molecule has 9 heteroatoms. The zero-order valence-electron chi connectivity index (χ0n) is 18.0. The minimum absolute atomic E-state index is 0.343. The third-order valence-corrected chi connectivity index (χ3v) is 6.17. The van der Waals surface area contributed by atoms with E-state index in [4.69, 9.17) is 4.74 Å². The number of methoxy groups -OCH3 is 1. The fraction of sp³-hybridized carbons (Fsp3) is 0.217. The van der Waals surface area contributed by atoms with Crippen molar-refractivity contribution < 1.29 is 14.3 Å². The Kier molecular flexibility index (Phi) is 6.18. The van der Waals surface area contributed by atoms with E-state index in [0.717, 1.165) is 32.4 Å². The number of nitrogens with one attached hydrogen (secondary N) is 2. The number of aryl methyl sites for hydroxylation is 2. The number of anilines is 1. The van der Waals surface area contributed by atoms with E-state index in [2.05, 4.69) is 20.7 Å². The quantitative estimate of drug-likeness (QED) is 0.440. The Morgan fingerprint density at radius 1 is 1.09 bits per heavy atom. The van der Waals surface area contributed by atoms with Crippen LogP contribution in [0.2, 0.25) is 0 Å². The maximum Gasteiger partial charge on any atom is 0.313 e. The van der Waals surface area contributed by atoms with Gasteiger partial charge in [0.2, 0.25) is 4.96 Å². The number of hydrogen-bond donors (Lipinski definition) is 2. The molecule has 4 aromatic rings. The average molecular weight is 450 g/mol. The van der Waals surface area contributed by atoms with E-state index in [1.807, 2.05) is 60.8 Å². The van der Waals surface area contributed by atoms with Crippen LogP contribution in [0, 0.1) is 13.8 Å². The van der Waals surface area contributed by atoms with Gasteiger partial charge in [0.25, 0.3) is 0 Å². The summed E-state index contributed by atoms with van der Waals surface area (Å²) in [6.45, 7) is 4.23. The van der Waals surface area contributed by atoms with E-state index < -0.39 is 11.8 Å². The molecule has 2 amide bonds. The molecule has 2 heterocycles. The molecule has 2 aromatic carbocycles. The van der Waals surface area contributed by atoms with Crippen molar-refractivity contribution in [2.24, 2.45) is 0 Å². The minimum atomic E-state index is -0.681. The van der Waals surface area contributed by atoms with Crippen LogP contribution in [0.15, 0.2) is 48.5 Å². The Morgan fingerprint density at radius 2 is 1.88 bits per heavy atom. The summed E-state index contributed by atoms with van der Waals surface area (Å²) in [4.78, 5) is 30.7. The molecule has 0 saturated carbocycles. The number of ether oxygens (including phenoxy) is 1. The topological polar surface area (TPSA) is 97.6 Å². The molecule has 0 radical (unpaired) electrons. The van der Waals surface area contributed by atoms with Crippen LogP contribution in [-0.4, -0.2) is 40.1 Å². The van der Waals surface area contributed by atoms with E-state index in [1.54, 1.807) is 13.2 Å². The molecule has 0 unspecified atom stereocenters. The van der Waals surface area contributed by atoms with Gasteiger partial charge in [0, 0.05) is 29.1 Å². The van der Waals surface area contributed by atoms with Gasteiger partial charge in [-0.2, -0.15) is 4.98 Å². The molecule has 164 valence electrons. The first-order valence-corrected chi connectivity index (χ1v) is 10.9. The molecule has 4 rings (SSSR count). The van der Waals surface area contributed by atoms with Crippen LogP contribution in [0.25, 0.3) is 16.3 Å². The average Bonchev–Trinajstić information content (AvgIpc) is 3.33. The van der Waals surface area contributed by atoms with Gasteiger partial charge in [0.1, 0.15) is 5.75 Å². The standard InChI is InChI=1S/C23H23N5O3S/c1-14-5-4-6-17(13-14)25-22(30)21(29)24-12-11-19-15(2)28-23(32-19)26-20(27-28)16-7-9-18(31-3)10-8-16/h4-10,13H,11-12H2,1-3H3,(H,24,29)(H,25,30).